The zero-order valence-electron chi connectivity index (χ0n) is 21.0. The van der Waals surface area contributed by atoms with Crippen LogP contribution in [-0.2, 0) is 18.6 Å². The Hall–Kier alpha value is -1.26. The number of nitrogens with zero attached hydrogens (tertiary/aromatic N) is 2. The van der Waals surface area contributed by atoms with Crippen molar-refractivity contribution in [1.29, 1.82) is 5.26 Å². The molecule has 0 aromatic rings. The summed E-state index contributed by atoms with van der Waals surface area (Å²) < 4.78 is 14.5. The van der Waals surface area contributed by atoms with Crippen LogP contribution in [0.3, 0.4) is 0 Å². The summed E-state index contributed by atoms with van der Waals surface area (Å²) in [5.74, 6) is -0.0299. The lowest BCUT2D eigenvalue weighted by molar-refractivity contribution is -0.121. The number of nitrogens with one attached hydrogen (secondary N) is 2. The van der Waals surface area contributed by atoms with Gasteiger partial charge in [-0.05, 0) is 40.5 Å². The van der Waals surface area contributed by atoms with E-state index in [0.717, 1.165) is 32.1 Å². The molecule has 2 N–H and O–H groups in total. The first-order valence-electron chi connectivity index (χ1n) is 12.0. The maximum atomic E-state index is 12.2. The Bertz CT molecular complexity index is 547. The van der Waals surface area contributed by atoms with Gasteiger partial charge in [0.2, 0.25) is 11.8 Å². The molecule has 9 heteroatoms. The molecule has 0 aromatic carbocycles. The van der Waals surface area contributed by atoms with Crippen LogP contribution in [0, 0.1) is 11.3 Å². The lowest BCUT2D eigenvalue weighted by Crippen LogP contribution is -2.43. The zero-order valence-corrected chi connectivity index (χ0v) is 21.9. The van der Waals surface area contributed by atoms with Crippen LogP contribution in [0.4, 0.5) is 0 Å². The molecule has 2 amide bonds. The van der Waals surface area contributed by atoms with Crippen molar-refractivity contribution in [3.05, 3.63) is 0 Å². The maximum Gasteiger partial charge on any atom is 0.259 e. The standard InChI is InChI=1S/C23H45N4O4P/c1-7-9-11-14-23(29)26-18-21(17-25-22(28)13-10-8-2)31-32(30-16-12-15-24)27(19(3)4)20(5)6/h19-21H,7-14,16-18H2,1-6H3,(H,25,28)(H,26,29). The third kappa shape index (κ3) is 14.7. The summed E-state index contributed by atoms with van der Waals surface area (Å²) in [6.45, 7) is 13.3. The van der Waals surface area contributed by atoms with E-state index >= 15 is 0 Å². The van der Waals surface area contributed by atoms with E-state index in [9.17, 15) is 9.59 Å². The van der Waals surface area contributed by atoms with Crippen molar-refractivity contribution in [2.45, 2.75) is 111 Å². The van der Waals surface area contributed by atoms with Gasteiger partial charge in [0, 0.05) is 38.0 Å². The second-order valence-corrected chi connectivity index (χ2v) is 9.85. The number of rotatable bonds is 19. The lowest BCUT2D eigenvalue weighted by Gasteiger charge is -2.37. The number of carbonyl (C=O) groups is 2. The summed E-state index contributed by atoms with van der Waals surface area (Å²) in [6.07, 6.45) is 5.55. The van der Waals surface area contributed by atoms with Gasteiger partial charge in [0.1, 0.15) is 6.10 Å². The van der Waals surface area contributed by atoms with Crippen LogP contribution in [-0.4, -0.2) is 54.4 Å². The molecule has 0 fully saturated rings. The van der Waals surface area contributed by atoms with E-state index in [2.05, 4.69) is 56.0 Å². The van der Waals surface area contributed by atoms with E-state index in [1.807, 2.05) is 6.92 Å². The van der Waals surface area contributed by atoms with E-state index < -0.39 is 14.6 Å². The highest BCUT2D eigenvalue weighted by Gasteiger charge is 2.30. The molecule has 0 aromatic heterocycles. The summed E-state index contributed by atoms with van der Waals surface area (Å²) >= 11 is 0. The van der Waals surface area contributed by atoms with E-state index in [1.54, 1.807) is 0 Å². The fourth-order valence-corrected chi connectivity index (χ4v) is 4.78. The van der Waals surface area contributed by atoms with Crippen LogP contribution < -0.4 is 10.6 Å². The van der Waals surface area contributed by atoms with Gasteiger partial charge in [-0.1, -0.05) is 33.1 Å². The Morgan fingerprint density at radius 3 is 1.94 bits per heavy atom. The minimum Gasteiger partial charge on any atom is -0.353 e. The first-order chi connectivity index (χ1) is 15.3. The smallest absolute Gasteiger partial charge is 0.259 e. The number of unbranched alkanes of at least 4 members (excludes halogenated alkanes) is 3. The molecule has 0 heterocycles. The lowest BCUT2D eigenvalue weighted by atomic mass is 10.2. The molecule has 0 radical (unpaired) electrons. The average Bonchev–Trinajstić information content (AvgIpc) is 2.73. The van der Waals surface area contributed by atoms with Crippen molar-refractivity contribution < 1.29 is 18.6 Å². The Morgan fingerprint density at radius 2 is 1.47 bits per heavy atom. The highest BCUT2D eigenvalue weighted by atomic mass is 31.2. The molecule has 0 aliphatic rings. The molecule has 0 bridgehead atoms. The van der Waals surface area contributed by atoms with Gasteiger partial charge in [-0.2, -0.15) is 5.26 Å². The fraction of sp³-hybridized carbons (Fsp3) is 0.870. The first-order valence-corrected chi connectivity index (χ1v) is 13.2. The second-order valence-electron chi connectivity index (χ2n) is 8.44. The highest BCUT2D eigenvalue weighted by molar-refractivity contribution is 7.44. The molecule has 0 spiro atoms. The number of carbonyl (C=O) groups excluding carboxylic acids is 2. The normalized spacial score (nSPS) is 13.2. The maximum absolute atomic E-state index is 12.2. The largest absolute Gasteiger partial charge is 0.353 e. The van der Waals surface area contributed by atoms with Gasteiger partial charge in [-0.15, -0.1) is 0 Å². The molecule has 0 rings (SSSR count). The molecular formula is C23H45N4O4P. The summed E-state index contributed by atoms with van der Waals surface area (Å²) in [5, 5.41) is 14.8. The van der Waals surface area contributed by atoms with Crippen LogP contribution in [0.1, 0.15) is 92.9 Å². The van der Waals surface area contributed by atoms with E-state index in [0.29, 0.717) is 25.9 Å². The quantitative estimate of drug-likeness (QED) is 0.209. The van der Waals surface area contributed by atoms with E-state index in [1.165, 1.54) is 0 Å². The monoisotopic (exact) mass is 472 g/mol. The molecule has 0 saturated carbocycles. The summed E-state index contributed by atoms with van der Waals surface area (Å²) in [5.41, 5.74) is 0. The SMILES string of the molecule is CCCCCC(=O)NCC(CNC(=O)CCCC)OP(OCCC#N)N(C(C)C)C(C)C. The zero-order chi connectivity index (χ0) is 24.4. The number of nitriles is 1. The minimum absolute atomic E-state index is 0.0105. The minimum atomic E-state index is -1.46. The molecule has 32 heavy (non-hydrogen) atoms. The molecule has 8 nitrogen and oxygen atoms in total. The van der Waals surface area contributed by atoms with Crippen molar-refractivity contribution in [3.63, 3.8) is 0 Å². The van der Waals surface area contributed by atoms with Crippen molar-refractivity contribution >= 4 is 20.3 Å². The van der Waals surface area contributed by atoms with Crippen molar-refractivity contribution in [2.24, 2.45) is 0 Å². The second kappa shape index (κ2) is 19.2. The molecule has 2 unspecified atom stereocenters. The van der Waals surface area contributed by atoms with Crippen molar-refractivity contribution in [2.75, 3.05) is 19.7 Å². The first kappa shape index (κ1) is 30.7. The predicted molar refractivity (Wildman–Crippen MR) is 130 cm³/mol. The fourth-order valence-electron chi connectivity index (χ4n) is 3.07. The highest BCUT2D eigenvalue weighted by Crippen LogP contribution is 2.47. The van der Waals surface area contributed by atoms with Crippen molar-refractivity contribution in [3.8, 4) is 6.07 Å². The van der Waals surface area contributed by atoms with Gasteiger partial charge in [0.25, 0.3) is 8.53 Å². The van der Waals surface area contributed by atoms with Crippen LogP contribution in [0.15, 0.2) is 0 Å². The molecule has 0 aliphatic heterocycles. The van der Waals surface area contributed by atoms with Gasteiger partial charge in [-0.3, -0.25) is 9.59 Å². The van der Waals surface area contributed by atoms with Gasteiger partial charge >= 0.3 is 0 Å². The number of hydrogen-bond acceptors (Lipinski definition) is 6. The van der Waals surface area contributed by atoms with E-state index in [4.69, 9.17) is 14.3 Å². The van der Waals surface area contributed by atoms with Crippen LogP contribution in [0.25, 0.3) is 0 Å². The van der Waals surface area contributed by atoms with Crippen LogP contribution in [0.5, 0.6) is 0 Å². The van der Waals surface area contributed by atoms with Gasteiger partial charge in [0.15, 0.2) is 0 Å². The third-order valence-electron chi connectivity index (χ3n) is 4.72. The molecule has 2 atom stereocenters. The summed E-state index contributed by atoms with van der Waals surface area (Å²) in [6, 6.07) is 2.44. The molecule has 0 aliphatic carbocycles. The topological polar surface area (TPSA) is 104 Å². The molecular weight excluding hydrogens is 427 g/mol. The third-order valence-corrected chi connectivity index (χ3v) is 6.90. The van der Waals surface area contributed by atoms with Gasteiger partial charge in [-0.25, -0.2) is 4.67 Å². The van der Waals surface area contributed by atoms with Crippen LogP contribution in [0.2, 0.25) is 0 Å². The van der Waals surface area contributed by atoms with Gasteiger partial charge < -0.3 is 19.7 Å². The summed E-state index contributed by atoms with van der Waals surface area (Å²) in [7, 11) is -1.46. The summed E-state index contributed by atoms with van der Waals surface area (Å²) in [4.78, 5) is 24.4. The average molecular weight is 473 g/mol. The Labute approximate surface area is 196 Å². The molecule has 0 saturated heterocycles. The number of hydrogen-bond donors (Lipinski definition) is 2. The Morgan fingerprint density at radius 1 is 0.938 bits per heavy atom. The predicted octanol–water partition coefficient (Wildman–Crippen LogP) is 4.65. The van der Waals surface area contributed by atoms with Gasteiger partial charge in [0.05, 0.1) is 19.1 Å². The van der Waals surface area contributed by atoms with E-state index in [-0.39, 0.29) is 36.9 Å². The van der Waals surface area contributed by atoms with Crippen molar-refractivity contribution in [1.82, 2.24) is 15.3 Å². The van der Waals surface area contributed by atoms with Crippen LogP contribution >= 0.6 is 8.53 Å². The molecule has 186 valence electrons. The Balaban J connectivity index is 5.23. The Kier molecular flexibility index (Phi) is 18.5. The number of amides is 2.